The van der Waals surface area contributed by atoms with Gasteiger partial charge in [-0.15, -0.1) is 10.2 Å². The van der Waals surface area contributed by atoms with Crippen molar-refractivity contribution in [1.29, 1.82) is 0 Å². The number of halogens is 1. The van der Waals surface area contributed by atoms with E-state index in [2.05, 4.69) is 24.0 Å². The summed E-state index contributed by atoms with van der Waals surface area (Å²) in [5.74, 6) is 0.0330. The number of hydrogen-bond acceptors (Lipinski definition) is 7. The third-order valence-corrected chi connectivity index (χ3v) is 4.76. The summed E-state index contributed by atoms with van der Waals surface area (Å²) in [7, 11) is 0. The van der Waals surface area contributed by atoms with Gasteiger partial charge in [0, 0.05) is 0 Å². The number of phenolic OH excluding ortho intramolecular Hbond substituents is 1. The maximum Gasteiger partial charge on any atom is 0.277 e. The first-order valence-corrected chi connectivity index (χ1v) is 9.60. The Morgan fingerprint density at radius 2 is 1.96 bits per heavy atom. The molecular formula is C20H19FN2O4S. The lowest BCUT2D eigenvalue weighted by molar-refractivity contribution is 0.101. The first-order chi connectivity index (χ1) is 13.4. The van der Waals surface area contributed by atoms with Gasteiger partial charge in [-0.25, -0.2) is 4.39 Å². The number of rotatable bonds is 8. The van der Waals surface area contributed by atoms with Gasteiger partial charge in [0.1, 0.15) is 17.3 Å². The van der Waals surface area contributed by atoms with E-state index in [0.717, 1.165) is 30.0 Å². The average molecular weight is 402 g/mol. The van der Waals surface area contributed by atoms with Crippen LogP contribution >= 0.6 is 11.8 Å². The van der Waals surface area contributed by atoms with Crippen LogP contribution in [0, 0.1) is 5.82 Å². The number of carbonyl (C=O) groups excluding carboxylic acids is 1. The smallest absolute Gasteiger partial charge is 0.277 e. The first-order valence-electron chi connectivity index (χ1n) is 8.62. The minimum Gasteiger partial charge on any atom is -0.507 e. The predicted molar refractivity (Wildman–Crippen MR) is 102 cm³/mol. The van der Waals surface area contributed by atoms with Crippen molar-refractivity contribution in [3.05, 3.63) is 65.3 Å². The van der Waals surface area contributed by atoms with Crippen molar-refractivity contribution in [3.63, 3.8) is 0 Å². The molecule has 0 radical (unpaired) electrons. The van der Waals surface area contributed by atoms with Crippen molar-refractivity contribution in [2.24, 2.45) is 0 Å². The standard InChI is InChI=1S/C20H19FN2O4S/c1-12(2)13-3-6-15(7-4-13)26-10-19-22-23-20(27-19)28-11-18(25)16-9-14(21)5-8-17(16)24/h3-9,12,24H,10-11H2,1-2H3. The topological polar surface area (TPSA) is 85.5 Å². The molecule has 2 aromatic carbocycles. The third kappa shape index (κ3) is 5.10. The number of aromatic nitrogens is 2. The van der Waals surface area contributed by atoms with Gasteiger partial charge in [0.2, 0.25) is 0 Å². The van der Waals surface area contributed by atoms with E-state index in [4.69, 9.17) is 9.15 Å². The second-order valence-electron chi connectivity index (χ2n) is 6.35. The Bertz CT molecular complexity index is 957. The van der Waals surface area contributed by atoms with Gasteiger partial charge in [0.05, 0.1) is 11.3 Å². The predicted octanol–water partition coefficient (Wildman–Crippen LogP) is 4.59. The Morgan fingerprint density at radius 1 is 1.21 bits per heavy atom. The summed E-state index contributed by atoms with van der Waals surface area (Å²) < 4.78 is 24.3. The largest absolute Gasteiger partial charge is 0.507 e. The van der Waals surface area contributed by atoms with Gasteiger partial charge < -0.3 is 14.3 Å². The van der Waals surface area contributed by atoms with E-state index in [9.17, 15) is 14.3 Å². The normalized spacial score (nSPS) is 11.0. The number of benzene rings is 2. The van der Waals surface area contributed by atoms with Crippen LogP contribution in [-0.4, -0.2) is 26.8 Å². The van der Waals surface area contributed by atoms with Crippen molar-refractivity contribution in [3.8, 4) is 11.5 Å². The molecule has 0 fully saturated rings. The van der Waals surface area contributed by atoms with E-state index < -0.39 is 11.6 Å². The number of nitrogens with zero attached hydrogens (tertiary/aromatic N) is 2. The van der Waals surface area contributed by atoms with Crippen LogP contribution in [0.1, 0.15) is 41.6 Å². The van der Waals surface area contributed by atoms with Gasteiger partial charge in [0.25, 0.3) is 11.1 Å². The summed E-state index contributed by atoms with van der Waals surface area (Å²) in [6, 6.07) is 11.0. The van der Waals surface area contributed by atoms with Crippen molar-refractivity contribution < 1.29 is 23.4 Å². The number of ether oxygens (including phenoxy) is 1. The van der Waals surface area contributed by atoms with E-state index in [1.165, 1.54) is 5.56 Å². The molecule has 1 N–H and O–H groups in total. The molecule has 0 spiro atoms. The van der Waals surface area contributed by atoms with Gasteiger partial charge in [-0.1, -0.05) is 37.7 Å². The highest BCUT2D eigenvalue weighted by Gasteiger charge is 2.15. The van der Waals surface area contributed by atoms with Crippen LogP contribution in [0.2, 0.25) is 0 Å². The molecule has 1 aromatic heterocycles. The summed E-state index contributed by atoms with van der Waals surface area (Å²) in [5, 5.41) is 17.6. The lowest BCUT2D eigenvalue weighted by atomic mass is 10.0. The summed E-state index contributed by atoms with van der Waals surface area (Å²) in [6.07, 6.45) is 0. The highest BCUT2D eigenvalue weighted by atomic mass is 32.2. The molecule has 146 valence electrons. The summed E-state index contributed by atoms with van der Waals surface area (Å²) in [6.45, 7) is 4.34. The fourth-order valence-electron chi connectivity index (χ4n) is 2.39. The molecule has 0 saturated carbocycles. The molecule has 3 rings (SSSR count). The van der Waals surface area contributed by atoms with Gasteiger partial charge in [0.15, 0.2) is 12.4 Å². The van der Waals surface area contributed by atoms with E-state index in [0.29, 0.717) is 11.7 Å². The second kappa shape index (κ2) is 8.88. The molecule has 0 atom stereocenters. The number of carbonyl (C=O) groups is 1. The minimum atomic E-state index is -0.593. The number of aromatic hydroxyl groups is 1. The Balaban J connectivity index is 1.52. The fourth-order valence-corrected chi connectivity index (χ4v) is 3.05. The minimum absolute atomic E-state index is 0.0732. The van der Waals surface area contributed by atoms with Crippen LogP contribution in [0.5, 0.6) is 11.5 Å². The Hall–Kier alpha value is -2.87. The molecule has 6 nitrogen and oxygen atoms in total. The SMILES string of the molecule is CC(C)c1ccc(OCc2nnc(SCC(=O)c3cc(F)ccc3O)o2)cc1. The fraction of sp³-hybridized carbons (Fsp3) is 0.250. The molecule has 1 heterocycles. The van der Waals surface area contributed by atoms with Crippen LogP contribution in [0.25, 0.3) is 0 Å². The van der Waals surface area contributed by atoms with Crippen molar-refractivity contribution >= 4 is 17.5 Å². The second-order valence-corrected chi connectivity index (χ2v) is 7.27. The molecule has 8 heteroatoms. The molecule has 0 saturated heterocycles. The quantitative estimate of drug-likeness (QED) is 0.436. The van der Waals surface area contributed by atoms with Gasteiger partial charge in [-0.3, -0.25) is 4.79 Å². The van der Waals surface area contributed by atoms with E-state index in [1.807, 2.05) is 24.3 Å². The Labute approximate surface area is 165 Å². The van der Waals surface area contributed by atoms with Gasteiger partial charge >= 0.3 is 0 Å². The van der Waals surface area contributed by atoms with Gasteiger partial charge in [-0.2, -0.15) is 0 Å². The summed E-state index contributed by atoms with van der Waals surface area (Å²) in [5.41, 5.74) is 1.14. The molecule has 0 amide bonds. The lowest BCUT2D eigenvalue weighted by Gasteiger charge is -2.07. The highest BCUT2D eigenvalue weighted by molar-refractivity contribution is 7.99. The maximum atomic E-state index is 13.2. The van der Waals surface area contributed by atoms with Crippen LogP contribution < -0.4 is 4.74 Å². The Kier molecular flexibility index (Phi) is 6.30. The molecular weight excluding hydrogens is 383 g/mol. The molecule has 0 bridgehead atoms. The van der Waals surface area contributed by atoms with E-state index >= 15 is 0 Å². The average Bonchev–Trinajstić information content (AvgIpc) is 3.14. The number of Topliss-reactive ketones (excluding diaryl/α,β-unsaturated/α-hetero) is 1. The maximum absolute atomic E-state index is 13.2. The first kappa shape index (κ1) is 19.9. The number of thioether (sulfide) groups is 1. The zero-order chi connectivity index (χ0) is 20.1. The number of phenols is 1. The summed E-state index contributed by atoms with van der Waals surface area (Å²) >= 11 is 1.01. The van der Waals surface area contributed by atoms with Crippen LogP contribution in [0.15, 0.2) is 52.1 Å². The molecule has 0 aliphatic heterocycles. The van der Waals surface area contributed by atoms with Gasteiger partial charge in [-0.05, 0) is 41.8 Å². The Morgan fingerprint density at radius 3 is 2.68 bits per heavy atom. The van der Waals surface area contributed by atoms with E-state index in [-0.39, 0.29) is 34.8 Å². The highest BCUT2D eigenvalue weighted by Crippen LogP contribution is 2.24. The zero-order valence-corrected chi connectivity index (χ0v) is 16.2. The molecule has 0 aliphatic rings. The van der Waals surface area contributed by atoms with Crippen LogP contribution in [0.3, 0.4) is 0 Å². The van der Waals surface area contributed by atoms with Crippen molar-refractivity contribution in [2.45, 2.75) is 31.6 Å². The number of ketones is 1. The monoisotopic (exact) mass is 402 g/mol. The molecule has 0 aliphatic carbocycles. The number of hydrogen-bond donors (Lipinski definition) is 1. The van der Waals surface area contributed by atoms with Crippen LogP contribution in [-0.2, 0) is 6.61 Å². The lowest BCUT2D eigenvalue weighted by Crippen LogP contribution is -2.03. The molecule has 0 unspecified atom stereocenters. The third-order valence-electron chi connectivity index (χ3n) is 3.94. The molecule has 3 aromatic rings. The summed E-state index contributed by atoms with van der Waals surface area (Å²) in [4.78, 5) is 12.1. The van der Waals surface area contributed by atoms with Crippen molar-refractivity contribution in [1.82, 2.24) is 10.2 Å². The zero-order valence-electron chi connectivity index (χ0n) is 15.4. The van der Waals surface area contributed by atoms with Crippen LogP contribution in [0.4, 0.5) is 4.39 Å². The van der Waals surface area contributed by atoms with E-state index in [1.54, 1.807) is 0 Å². The molecule has 28 heavy (non-hydrogen) atoms. The van der Waals surface area contributed by atoms with Crippen molar-refractivity contribution in [2.75, 3.05) is 5.75 Å².